The van der Waals surface area contributed by atoms with Crippen LogP contribution in [0.5, 0.6) is 0 Å². The molecule has 5 nitrogen and oxygen atoms in total. The summed E-state index contributed by atoms with van der Waals surface area (Å²) in [6.45, 7) is 2.56. The van der Waals surface area contributed by atoms with Gasteiger partial charge in [-0.15, -0.1) is 0 Å². The molecule has 15 heavy (non-hydrogen) atoms. The minimum absolute atomic E-state index is 0.290. The van der Waals surface area contributed by atoms with Gasteiger partial charge in [0, 0.05) is 19.2 Å². The lowest BCUT2D eigenvalue weighted by Gasteiger charge is -2.08. The van der Waals surface area contributed by atoms with Crippen LogP contribution in [0.3, 0.4) is 0 Å². The monoisotopic (exact) mass is 208 g/mol. The van der Waals surface area contributed by atoms with Gasteiger partial charge < -0.3 is 16.8 Å². The van der Waals surface area contributed by atoms with E-state index in [1.54, 1.807) is 6.20 Å². The Bertz CT molecular complexity index is 351. The van der Waals surface area contributed by atoms with E-state index in [-0.39, 0.29) is 5.91 Å². The lowest BCUT2D eigenvalue weighted by atomic mass is 10.2. The van der Waals surface area contributed by atoms with Gasteiger partial charge in [0.05, 0.1) is 5.69 Å². The van der Waals surface area contributed by atoms with E-state index < -0.39 is 0 Å². The van der Waals surface area contributed by atoms with Gasteiger partial charge >= 0.3 is 0 Å². The zero-order valence-corrected chi connectivity index (χ0v) is 8.79. The van der Waals surface area contributed by atoms with Crippen molar-refractivity contribution in [2.75, 3.05) is 17.6 Å². The Morgan fingerprint density at radius 2 is 2.33 bits per heavy atom. The molecule has 1 amide bonds. The van der Waals surface area contributed by atoms with Crippen molar-refractivity contribution in [3.8, 4) is 0 Å². The van der Waals surface area contributed by atoms with Crippen LogP contribution in [0.1, 0.15) is 18.4 Å². The second-order valence-electron chi connectivity index (χ2n) is 3.39. The molecule has 5 heteroatoms. The van der Waals surface area contributed by atoms with Gasteiger partial charge in [-0.05, 0) is 25.0 Å². The number of aryl methyl sites for hydroxylation is 1. The summed E-state index contributed by atoms with van der Waals surface area (Å²) in [5.41, 5.74) is 12.5. The molecule has 0 spiro atoms. The Kier molecular flexibility index (Phi) is 3.91. The van der Waals surface area contributed by atoms with Crippen LogP contribution < -0.4 is 16.8 Å². The van der Waals surface area contributed by atoms with E-state index >= 15 is 0 Å². The minimum Gasteiger partial charge on any atom is -0.396 e. The number of nitrogen functional groups attached to an aromatic ring is 1. The van der Waals surface area contributed by atoms with E-state index in [0.29, 0.717) is 30.9 Å². The first kappa shape index (κ1) is 11.3. The number of carbonyl (C=O) groups is 1. The van der Waals surface area contributed by atoms with Crippen molar-refractivity contribution in [2.24, 2.45) is 5.73 Å². The number of pyridine rings is 1. The maximum absolute atomic E-state index is 10.5. The number of nitrogens with two attached hydrogens (primary N) is 2. The number of anilines is 2. The Hall–Kier alpha value is -1.78. The number of primary amides is 1. The first-order valence-electron chi connectivity index (χ1n) is 4.84. The zero-order chi connectivity index (χ0) is 11.3. The van der Waals surface area contributed by atoms with Gasteiger partial charge in [-0.3, -0.25) is 4.79 Å². The number of hydrogen-bond donors (Lipinski definition) is 3. The number of hydrogen-bond acceptors (Lipinski definition) is 4. The summed E-state index contributed by atoms with van der Waals surface area (Å²) in [4.78, 5) is 14.6. The predicted octanol–water partition coefficient (Wildman–Crippen LogP) is 0.650. The van der Waals surface area contributed by atoms with Crippen molar-refractivity contribution in [1.82, 2.24) is 4.98 Å². The van der Waals surface area contributed by atoms with E-state index in [0.717, 1.165) is 5.56 Å². The Morgan fingerprint density at radius 1 is 1.60 bits per heavy atom. The number of aromatic nitrogens is 1. The summed E-state index contributed by atoms with van der Waals surface area (Å²) in [5, 5.41) is 3.07. The van der Waals surface area contributed by atoms with Crippen LogP contribution in [-0.4, -0.2) is 17.4 Å². The first-order chi connectivity index (χ1) is 7.11. The topological polar surface area (TPSA) is 94.0 Å². The molecule has 1 aromatic rings. The third-order valence-electron chi connectivity index (χ3n) is 2.10. The highest BCUT2D eigenvalue weighted by Crippen LogP contribution is 2.18. The molecule has 0 radical (unpaired) electrons. The normalized spacial score (nSPS) is 9.93. The molecule has 1 aromatic heterocycles. The summed E-state index contributed by atoms with van der Waals surface area (Å²) in [6, 6.07) is 1.85. The average molecular weight is 208 g/mol. The molecular weight excluding hydrogens is 192 g/mol. The van der Waals surface area contributed by atoms with E-state index in [9.17, 15) is 4.79 Å². The number of carbonyl (C=O) groups excluding carboxylic acids is 1. The van der Waals surface area contributed by atoms with Crippen LogP contribution in [0.2, 0.25) is 0 Å². The van der Waals surface area contributed by atoms with Gasteiger partial charge in [0.15, 0.2) is 0 Å². The Labute approximate surface area is 88.9 Å². The summed E-state index contributed by atoms with van der Waals surface area (Å²) in [5.74, 6) is 0.376. The van der Waals surface area contributed by atoms with Crippen molar-refractivity contribution in [2.45, 2.75) is 19.8 Å². The molecule has 0 unspecified atom stereocenters. The number of nitrogens with zero attached hydrogens (tertiary/aromatic N) is 1. The van der Waals surface area contributed by atoms with E-state index in [1.165, 1.54) is 0 Å². The molecule has 0 aliphatic rings. The molecule has 1 heterocycles. The summed E-state index contributed by atoms with van der Waals surface area (Å²) in [6.07, 6.45) is 2.76. The first-order valence-corrected chi connectivity index (χ1v) is 4.84. The molecule has 0 saturated heterocycles. The molecule has 0 bridgehead atoms. The minimum atomic E-state index is -0.290. The molecule has 0 aromatic carbocycles. The van der Waals surface area contributed by atoms with Gasteiger partial charge in [0.1, 0.15) is 5.82 Å². The highest BCUT2D eigenvalue weighted by Gasteiger charge is 2.02. The van der Waals surface area contributed by atoms with Gasteiger partial charge in [-0.25, -0.2) is 4.98 Å². The van der Waals surface area contributed by atoms with Gasteiger partial charge in [-0.2, -0.15) is 0 Å². The number of nitrogens with one attached hydrogen (secondary N) is 1. The largest absolute Gasteiger partial charge is 0.396 e. The number of amides is 1. The lowest BCUT2D eigenvalue weighted by molar-refractivity contribution is -0.118. The fraction of sp³-hybridized carbons (Fsp3) is 0.400. The fourth-order valence-electron chi connectivity index (χ4n) is 1.18. The van der Waals surface area contributed by atoms with Crippen LogP contribution in [0, 0.1) is 6.92 Å². The molecule has 82 valence electrons. The standard InChI is InChI=1S/C10H16N4O/c1-7-4-6-14-10(9(7)12)13-5-2-3-8(11)15/h4,6H,2-3,5,12H2,1H3,(H2,11,15)(H,13,14). The van der Waals surface area contributed by atoms with Crippen molar-refractivity contribution >= 4 is 17.4 Å². The highest BCUT2D eigenvalue weighted by molar-refractivity contribution is 5.73. The van der Waals surface area contributed by atoms with Crippen LogP contribution in [0.15, 0.2) is 12.3 Å². The van der Waals surface area contributed by atoms with Crippen molar-refractivity contribution < 1.29 is 4.79 Å². The van der Waals surface area contributed by atoms with E-state index in [4.69, 9.17) is 11.5 Å². The maximum atomic E-state index is 10.5. The zero-order valence-electron chi connectivity index (χ0n) is 8.79. The second kappa shape index (κ2) is 5.19. The molecule has 0 saturated carbocycles. The second-order valence-corrected chi connectivity index (χ2v) is 3.39. The quantitative estimate of drug-likeness (QED) is 0.619. The van der Waals surface area contributed by atoms with Crippen molar-refractivity contribution in [1.29, 1.82) is 0 Å². The molecule has 5 N–H and O–H groups in total. The Morgan fingerprint density at radius 3 is 3.00 bits per heavy atom. The van der Waals surface area contributed by atoms with Crippen LogP contribution in [-0.2, 0) is 4.79 Å². The van der Waals surface area contributed by atoms with Crippen LogP contribution >= 0.6 is 0 Å². The van der Waals surface area contributed by atoms with Crippen molar-refractivity contribution in [3.63, 3.8) is 0 Å². The smallest absolute Gasteiger partial charge is 0.217 e. The maximum Gasteiger partial charge on any atom is 0.217 e. The summed E-state index contributed by atoms with van der Waals surface area (Å²) < 4.78 is 0. The number of rotatable bonds is 5. The third kappa shape index (κ3) is 3.46. The highest BCUT2D eigenvalue weighted by atomic mass is 16.1. The van der Waals surface area contributed by atoms with Crippen molar-refractivity contribution in [3.05, 3.63) is 17.8 Å². The molecule has 0 aliphatic carbocycles. The summed E-state index contributed by atoms with van der Waals surface area (Å²) in [7, 11) is 0. The van der Waals surface area contributed by atoms with E-state index in [1.807, 2.05) is 13.0 Å². The van der Waals surface area contributed by atoms with Gasteiger partial charge in [-0.1, -0.05) is 0 Å². The fourth-order valence-corrected chi connectivity index (χ4v) is 1.18. The van der Waals surface area contributed by atoms with Crippen LogP contribution in [0.4, 0.5) is 11.5 Å². The van der Waals surface area contributed by atoms with E-state index in [2.05, 4.69) is 10.3 Å². The van der Waals surface area contributed by atoms with Gasteiger partial charge in [0.25, 0.3) is 0 Å². The van der Waals surface area contributed by atoms with Gasteiger partial charge in [0.2, 0.25) is 5.91 Å². The SMILES string of the molecule is Cc1ccnc(NCCCC(N)=O)c1N. The predicted molar refractivity (Wildman–Crippen MR) is 60.3 cm³/mol. The Balaban J connectivity index is 2.44. The molecule has 0 aliphatic heterocycles. The van der Waals surface area contributed by atoms with Crippen LogP contribution in [0.25, 0.3) is 0 Å². The molecule has 0 fully saturated rings. The molecule has 0 atom stereocenters. The lowest BCUT2D eigenvalue weighted by Crippen LogP contribution is -2.13. The summed E-state index contributed by atoms with van der Waals surface area (Å²) >= 11 is 0. The molecular formula is C10H16N4O. The third-order valence-corrected chi connectivity index (χ3v) is 2.10. The average Bonchev–Trinajstić information content (AvgIpc) is 2.18. The molecule has 1 rings (SSSR count).